The Morgan fingerprint density at radius 3 is 2.42 bits per heavy atom. The van der Waals surface area contributed by atoms with Crippen molar-refractivity contribution in [2.45, 2.75) is 38.9 Å². The zero-order valence-electron chi connectivity index (χ0n) is 20.3. The number of nitrogens with zero attached hydrogens (tertiary/aromatic N) is 2. The van der Waals surface area contributed by atoms with E-state index in [1.807, 2.05) is 13.8 Å². The van der Waals surface area contributed by atoms with Gasteiger partial charge in [-0.15, -0.1) is 0 Å². The second-order valence-electron chi connectivity index (χ2n) is 10.1. The SMILES string of the molecule is CC1(C)CC(=O)C2=C(C1)Nc1ccccc1N(C(=O)C(F)(F)F)[C@H]2c1ccc(-c2ccc([N+](=O)[O-])cc2)o1. The molecule has 3 aromatic rings. The zero-order valence-corrected chi connectivity index (χ0v) is 20.3. The number of nitro benzene ring substituents is 1. The maximum absolute atomic E-state index is 14.0. The van der Waals surface area contributed by atoms with Gasteiger partial charge in [-0.05, 0) is 48.2 Å². The number of non-ortho nitro benzene ring substituents is 1. The van der Waals surface area contributed by atoms with Crippen molar-refractivity contribution < 1.29 is 32.1 Å². The number of halogens is 3. The van der Waals surface area contributed by atoms with Crippen LogP contribution in [0, 0.1) is 15.5 Å². The molecule has 2 aromatic carbocycles. The highest BCUT2D eigenvalue weighted by atomic mass is 19.4. The van der Waals surface area contributed by atoms with E-state index in [-0.39, 0.29) is 40.6 Å². The molecule has 38 heavy (non-hydrogen) atoms. The molecular weight excluding hydrogens is 503 g/mol. The number of hydrogen-bond acceptors (Lipinski definition) is 6. The number of ketones is 1. The number of amides is 1. The van der Waals surface area contributed by atoms with E-state index in [1.165, 1.54) is 48.5 Å². The number of hydrogen-bond donors (Lipinski definition) is 1. The van der Waals surface area contributed by atoms with Crippen LogP contribution in [0.1, 0.15) is 38.5 Å². The summed E-state index contributed by atoms with van der Waals surface area (Å²) < 4.78 is 47.9. The van der Waals surface area contributed by atoms with E-state index in [9.17, 15) is 32.9 Å². The van der Waals surface area contributed by atoms with Crippen molar-refractivity contribution >= 4 is 28.8 Å². The number of anilines is 2. The molecule has 0 radical (unpaired) electrons. The van der Waals surface area contributed by atoms with Crippen molar-refractivity contribution in [3.8, 4) is 11.3 Å². The number of fused-ring (bicyclic) bond motifs is 1. The first-order valence-electron chi connectivity index (χ1n) is 11.7. The fourth-order valence-corrected chi connectivity index (χ4v) is 5.02. The highest BCUT2D eigenvalue weighted by Gasteiger charge is 2.51. The molecule has 0 fully saturated rings. The van der Waals surface area contributed by atoms with E-state index in [0.29, 0.717) is 22.6 Å². The lowest BCUT2D eigenvalue weighted by atomic mass is 9.74. The molecule has 0 unspecified atom stereocenters. The van der Waals surface area contributed by atoms with E-state index in [4.69, 9.17) is 4.42 Å². The molecule has 11 heteroatoms. The molecule has 5 rings (SSSR count). The molecule has 0 saturated carbocycles. The third kappa shape index (κ3) is 4.44. The van der Waals surface area contributed by atoms with Gasteiger partial charge >= 0.3 is 12.1 Å². The lowest BCUT2D eigenvalue weighted by Gasteiger charge is -2.36. The first-order chi connectivity index (χ1) is 17.9. The first kappa shape index (κ1) is 25.2. The molecule has 196 valence electrons. The van der Waals surface area contributed by atoms with Crippen LogP contribution < -0.4 is 10.2 Å². The molecule has 1 aliphatic carbocycles. The number of nitrogens with one attached hydrogen (secondary N) is 1. The summed E-state index contributed by atoms with van der Waals surface area (Å²) in [4.78, 5) is 37.4. The van der Waals surface area contributed by atoms with Crippen LogP contribution >= 0.6 is 0 Å². The standard InChI is InChI=1S/C27H22F3N3O5/c1-26(2)13-18-23(20(34)14-26)24(22-12-11-21(38-22)15-7-9-16(10-8-15)33(36)37)32(25(35)27(28,29)30)19-6-4-3-5-17(19)31-18/h3-12,24,31H,13-14H2,1-2H3/t24-/m0/s1. The number of carbonyl (C=O) groups is 2. The van der Waals surface area contributed by atoms with Crippen LogP contribution in [0.25, 0.3) is 11.3 Å². The minimum Gasteiger partial charge on any atom is -0.459 e. The average molecular weight is 525 g/mol. The smallest absolute Gasteiger partial charge is 0.459 e. The third-order valence-corrected chi connectivity index (χ3v) is 6.62. The quantitative estimate of drug-likeness (QED) is 0.307. The highest BCUT2D eigenvalue weighted by molar-refractivity contribution is 6.07. The normalized spacial score (nSPS) is 18.8. The molecule has 8 nitrogen and oxygen atoms in total. The van der Waals surface area contributed by atoms with Gasteiger partial charge in [0, 0.05) is 35.4 Å². The molecule has 2 heterocycles. The van der Waals surface area contributed by atoms with Crippen molar-refractivity contribution in [3.63, 3.8) is 0 Å². The van der Waals surface area contributed by atoms with Gasteiger partial charge in [0.25, 0.3) is 5.69 Å². The Morgan fingerprint density at radius 1 is 1.08 bits per heavy atom. The largest absolute Gasteiger partial charge is 0.471 e. The summed E-state index contributed by atoms with van der Waals surface area (Å²) >= 11 is 0. The van der Waals surface area contributed by atoms with Crippen LogP contribution in [0.5, 0.6) is 0 Å². The van der Waals surface area contributed by atoms with Crippen LogP contribution in [0.4, 0.5) is 30.2 Å². The monoisotopic (exact) mass is 525 g/mol. The predicted octanol–water partition coefficient (Wildman–Crippen LogP) is 6.56. The number of rotatable bonds is 3. The van der Waals surface area contributed by atoms with Gasteiger partial charge in [-0.25, -0.2) is 0 Å². The number of para-hydroxylation sites is 2. The van der Waals surface area contributed by atoms with Crippen molar-refractivity contribution in [2.24, 2.45) is 5.41 Å². The van der Waals surface area contributed by atoms with Gasteiger partial charge in [0.1, 0.15) is 17.6 Å². The van der Waals surface area contributed by atoms with E-state index >= 15 is 0 Å². The van der Waals surface area contributed by atoms with E-state index in [2.05, 4.69) is 5.32 Å². The van der Waals surface area contributed by atoms with Gasteiger partial charge in [0.15, 0.2) is 5.78 Å². The lowest BCUT2D eigenvalue weighted by Crippen LogP contribution is -2.45. The highest BCUT2D eigenvalue weighted by Crippen LogP contribution is 2.49. The Balaban J connectivity index is 1.71. The van der Waals surface area contributed by atoms with E-state index in [0.717, 1.165) is 0 Å². The summed E-state index contributed by atoms with van der Waals surface area (Å²) in [5.41, 5.74) is 0.504. The summed E-state index contributed by atoms with van der Waals surface area (Å²) in [5, 5.41) is 14.1. The van der Waals surface area contributed by atoms with Crippen molar-refractivity contribution in [1.29, 1.82) is 0 Å². The number of carbonyl (C=O) groups excluding carboxylic acids is 2. The van der Waals surface area contributed by atoms with Crippen molar-refractivity contribution in [1.82, 2.24) is 0 Å². The minimum atomic E-state index is -5.23. The number of allylic oxidation sites excluding steroid dienone is 1. The van der Waals surface area contributed by atoms with Crippen LogP contribution in [-0.4, -0.2) is 22.8 Å². The molecule has 1 aromatic heterocycles. The second kappa shape index (κ2) is 8.86. The van der Waals surface area contributed by atoms with Crippen molar-refractivity contribution in [3.05, 3.63) is 87.8 Å². The number of furan rings is 1. The molecular formula is C27H22F3N3O5. The van der Waals surface area contributed by atoms with Gasteiger partial charge in [0.2, 0.25) is 0 Å². The summed E-state index contributed by atoms with van der Waals surface area (Å²) in [6, 6.07) is 12.9. The summed E-state index contributed by atoms with van der Waals surface area (Å²) in [6.45, 7) is 3.78. The van der Waals surface area contributed by atoms with Crippen LogP contribution in [-0.2, 0) is 9.59 Å². The maximum atomic E-state index is 14.0. The summed E-state index contributed by atoms with van der Waals surface area (Å²) in [7, 11) is 0. The van der Waals surface area contributed by atoms with Crippen molar-refractivity contribution in [2.75, 3.05) is 10.2 Å². The summed E-state index contributed by atoms with van der Waals surface area (Å²) in [5.74, 6) is -2.37. The fourth-order valence-electron chi connectivity index (χ4n) is 5.02. The molecule has 1 amide bonds. The molecule has 0 saturated heterocycles. The van der Waals surface area contributed by atoms with Crippen LogP contribution in [0.3, 0.4) is 0 Å². The van der Waals surface area contributed by atoms with Gasteiger partial charge in [-0.3, -0.25) is 24.6 Å². The van der Waals surface area contributed by atoms with Gasteiger partial charge in [-0.1, -0.05) is 26.0 Å². The number of alkyl halides is 3. The Labute approximate surface area is 214 Å². The lowest BCUT2D eigenvalue weighted by molar-refractivity contribution is -0.384. The predicted molar refractivity (Wildman–Crippen MR) is 132 cm³/mol. The first-order valence-corrected chi connectivity index (χ1v) is 11.7. The second-order valence-corrected chi connectivity index (χ2v) is 10.1. The molecule has 0 spiro atoms. The Bertz CT molecular complexity index is 1490. The number of nitro groups is 1. The Morgan fingerprint density at radius 2 is 1.76 bits per heavy atom. The molecule has 1 atom stereocenters. The Kier molecular flexibility index (Phi) is 5.89. The molecule has 1 aliphatic heterocycles. The number of benzene rings is 2. The topological polar surface area (TPSA) is 106 Å². The fraction of sp³-hybridized carbons (Fsp3) is 0.259. The maximum Gasteiger partial charge on any atom is 0.471 e. The van der Waals surface area contributed by atoms with Gasteiger partial charge in [-0.2, -0.15) is 13.2 Å². The molecule has 1 N–H and O–H groups in total. The minimum absolute atomic E-state index is 0.0303. The Hall–Kier alpha value is -4.41. The van der Waals surface area contributed by atoms with Crippen LogP contribution in [0.15, 0.2) is 76.4 Å². The third-order valence-electron chi connectivity index (χ3n) is 6.62. The van der Waals surface area contributed by atoms with E-state index < -0.39 is 34.2 Å². The average Bonchev–Trinajstić information content (AvgIpc) is 3.27. The number of Topliss-reactive ketones (excluding diaryl/α,β-unsaturated/α-hetero) is 1. The molecule has 0 bridgehead atoms. The van der Waals surface area contributed by atoms with Gasteiger partial charge in [0.05, 0.1) is 16.3 Å². The van der Waals surface area contributed by atoms with E-state index in [1.54, 1.807) is 12.1 Å². The van der Waals surface area contributed by atoms with Crippen LogP contribution in [0.2, 0.25) is 0 Å². The zero-order chi connectivity index (χ0) is 27.4. The van der Waals surface area contributed by atoms with Gasteiger partial charge < -0.3 is 9.73 Å². The molecule has 2 aliphatic rings. The summed E-state index contributed by atoms with van der Waals surface area (Å²) in [6.07, 6.45) is -4.80.